The molecule has 0 saturated carbocycles. The maximum atomic E-state index is 13.0. The van der Waals surface area contributed by atoms with Crippen LogP contribution in [0.25, 0.3) is 0 Å². The van der Waals surface area contributed by atoms with Crippen molar-refractivity contribution in [3.8, 4) is 0 Å². The monoisotopic (exact) mass is 439 g/mol. The van der Waals surface area contributed by atoms with Crippen molar-refractivity contribution in [2.24, 2.45) is 0 Å². The fourth-order valence-electron chi connectivity index (χ4n) is 3.44. The predicted octanol–water partition coefficient (Wildman–Crippen LogP) is 4.91. The number of hydrogen-bond acceptors (Lipinski definition) is 7. The summed E-state index contributed by atoms with van der Waals surface area (Å²) < 4.78 is 39.0. The van der Waals surface area contributed by atoms with Crippen LogP contribution in [0.3, 0.4) is 0 Å². The Hall–Kier alpha value is -3.44. The Labute approximate surface area is 175 Å². The number of nitro groups is 2. The van der Waals surface area contributed by atoms with E-state index in [-0.39, 0.29) is 18.7 Å². The van der Waals surface area contributed by atoms with E-state index in [0.29, 0.717) is 5.56 Å². The molecule has 0 unspecified atom stereocenters. The van der Waals surface area contributed by atoms with Crippen molar-refractivity contribution in [1.82, 2.24) is 4.98 Å². The van der Waals surface area contributed by atoms with Gasteiger partial charge in [-0.3, -0.25) is 20.2 Å². The first-order chi connectivity index (χ1) is 14.7. The Kier molecular flexibility index (Phi) is 6.56. The second-order valence-corrected chi connectivity index (χ2v) is 7.18. The molecule has 3 rings (SSSR count). The molecule has 1 N–H and O–H groups in total. The van der Waals surface area contributed by atoms with Gasteiger partial charge in [0.25, 0.3) is 11.4 Å². The van der Waals surface area contributed by atoms with Crippen LogP contribution >= 0.6 is 0 Å². The highest BCUT2D eigenvalue weighted by molar-refractivity contribution is 5.75. The van der Waals surface area contributed by atoms with E-state index in [2.05, 4.69) is 15.2 Å². The molecule has 12 heteroatoms. The van der Waals surface area contributed by atoms with Crippen LogP contribution in [-0.2, 0) is 12.7 Å². The molecule has 2 heterocycles. The number of alkyl halides is 3. The zero-order valence-corrected chi connectivity index (χ0v) is 16.4. The van der Waals surface area contributed by atoms with Gasteiger partial charge in [0, 0.05) is 38.0 Å². The predicted molar refractivity (Wildman–Crippen MR) is 107 cm³/mol. The SMILES string of the molecule is O=[N+]([O-])c1cc(C(F)(F)F)cc([N+](=O)[O-])c1NCc1ccc(N2CCCCCC2)nc1. The van der Waals surface area contributed by atoms with Gasteiger partial charge in [-0.05, 0) is 24.5 Å². The number of anilines is 2. The first kappa shape index (κ1) is 22.2. The minimum absolute atomic E-state index is 0.0830. The number of aromatic nitrogens is 1. The van der Waals surface area contributed by atoms with Gasteiger partial charge in [0.2, 0.25) is 0 Å². The van der Waals surface area contributed by atoms with Crippen LogP contribution in [-0.4, -0.2) is 27.9 Å². The van der Waals surface area contributed by atoms with Crippen molar-refractivity contribution in [1.29, 1.82) is 0 Å². The lowest BCUT2D eigenvalue weighted by Gasteiger charge is -2.21. The smallest absolute Gasteiger partial charge is 0.370 e. The highest BCUT2D eigenvalue weighted by atomic mass is 19.4. The summed E-state index contributed by atoms with van der Waals surface area (Å²) in [6, 6.07) is 4.09. The highest BCUT2D eigenvalue weighted by Gasteiger charge is 2.37. The third-order valence-electron chi connectivity index (χ3n) is 5.03. The number of nitrogens with one attached hydrogen (secondary N) is 1. The van der Waals surface area contributed by atoms with Gasteiger partial charge in [-0.2, -0.15) is 13.2 Å². The lowest BCUT2D eigenvalue weighted by atomic mass is 10.1. The van der Waals surface area contributed by atoms with Gasteiger partial charge >= 0.3 is 6.18 Å². The van der Waals surface area contributed by atoms with E-state index in [9.17, 15) is 33.4 Å². The van der Waals surface area contributed by atoms with E-state index in [0.717, 1.165) is 31.7 Å². The molecule has 0 spiro atoms. The molecule has 9 nitrogen and oxygen atoms in total. The molecule has 0 bridgehead atoms. The third-order valence-corrected chi connectivity index (χ3v) is 5.03. The molecular weight excluding hydrogens is 419 g/mol. The van der Waals surface area contributed by atoms with Gasteiger partial charge in [-0.25, -0.2) is 4.98 Å². The second kappa shape index (κ2) is 9.14. The molecule has 2 aromatic rings. The summed E-state index contributed by atoms with van der Waals surface area (Å²) in [4.78, 5) is 27.0. The summed E-state index contributed by atoms with van der Waals surface area (Å²) in [6.07, 6.45) is 1.07. The van der Waals surface area contributed by atoms with Crippen LogP contribution in [0, 0.1) is 20.2 Å². The average Bonchev–Trinajstić information content (AvgIpc) is 3.00. The number of halogens is 3. The van der Waals surface area contributed by atoms with E-state index in [1.807, 2.05) is 0 Å². The van der Waals surface area contributed by atoms with Gasteiger partial charge in [0.1, 0.15) is 5.82 Å². The summed E-state index contributed by atoms with van der Waals surface area (Å²) in [6.45, 7) is 1.71. The average molecular weight is 439 g/mol. The molecule has 0 aliphatic carbocycles. The summed E-state index contributed by atoms with van der Waals surface area (Å²) in [5.41, 5.74) is -3.51. The molecular formula is C19H20F3N5O4. The molecule has 1 saturated heterocycles. The van der Waals surface area contributed by atoms with Crippen molar-refractivity contribution < 1.29 is 23.0 Å². The number of nitrogens with zero attached hydrogens (tertiary/aromatic N) is 4. The fraction of sp³-hybridized carbons (Fsp3) is 0.421. The molecule has 0 atom stereocenters. The maximum Gasteiger partial charge on any atom is 0.416 e. The Morgan fingerprint density at radius 3 is 2.03 bits per heavy atom. The van der Waals surface area contributed by atoms with Crippen LogP contribution < -0.4 is 10.2 Å². The van der Waals surface area contributed by atoms with Crippen molar-refractivity contribution in [3.63, 3.8) is 0 Å². The zero-order chi connectivity index (χ0) is 22.6. The van der Waals surface area contributed by atoms with Crippen LogP contribution in [0.5, 0.6) is 0 Å². The molecule has 1 aromatic carbocycles. The van der Waals surface area contributed by atoms with E-state index in [4.69, 9.17) is 0 Å². The number of hydrogen-bond donors (Lipinski definition) is 1. The normalized spacial score (nSPS) is 14.7. The Morgan fingerprint density at radius 2 is 1.58 bits per heavy atom. The standard InChI is InChI=1S/C19H20F3N5O4/c20-19(21,22)14-9-15(26(28)29)18(16(10-14)27(30)31)24-12-13-5-6-17(23-11-13)25-7-3-1-2-4-8-25/h5-6,9-11,24H,1-4,7-8,12H2. The topological polar surface area (TPSA) is 114 Å². The molecule has 166 valence electrons. The molecule has 0 amide bonds. The number of nitro benzene ring substituents is 2. The lowest BCUT2D eigenvalue weighted by molar-refractivity contribution is -0.392. The number of benzene rings is 1. The first-order valence-corrected chi connectivity index (χ1v) is 9.64. The lowest BCUT2D eigenvalue weighted by Crippen LogP contribution is -2.24. The molecule has 1 aliphatic heterocycles. The summed E-state index contributed by atoms with van der Waals surface area (Å²) in [5.74, 6) is 0.789. The fourth-order valence-corrected chi connectivity index (χ4v) is 3.44. The Balaban J connectivity index is 1.83. The first-order valence-electron chi connectivity index (χ1n) is 9.64. The van der Waals surface area contributed by atoms with Crippen LogP contribution in [0.15, 0.2) is 30.5 Å². The molecule has 0 radical (unpaired) electrons. The van der Waals surface area contributed by atoms with Crippen molar-refractivity contribution >= 4 is 22.9 Å². The van der Waals surface area contributed by atoms with Gasteiger partial charge < -0.3 is 10.2 Å². The number of pyridine rings is 1. The van der Waals surface area contributed by atoms with Crippen LogP contribution in [0.4, 0.5) is 36.1 Å². The van der Waals surface area contributed by atoms with Crippen molar-refractivity contribution in [3.05, 3.63) is 61.8 Å². The van der Waals surface area contributed by atoms with E-state index in [1.54, 1.807) is 12.1 Å². The minimum Gasteiger partial charge on any atom is -0.370 e. The zero-order valence-electron chi connectivity index (χ0n) is 16.4. The Morgan fingerprint density at radius 1 is 1.00 bits per heavy atom. The quantitative estimate of drug-likeness (QED) is 0.502. The Bertz CT molecular complexity index is 923. The van der Waals surface area contributed by atoms with Gasteiger partial charge in [-0.15, -0.1) is 0 Å². The number of rotatable bonds is 6. The van der Waals surface area contributed by atoms with E-state index in [1.165, 1.54) is 19.0 Å². The molecule has 1 aromatic heterocycles. The highest BCUT2D eigenvalue weighted by Crippen LogP contribution is 2.41. The third kappa shape index (κ3) is 5.38. The van der Waals surface area contributed by atoms with Gasteiger partial charge in [0.15, 0.2) is 5.69 Å². The van der Waals surface area contributed by atoms with Crippen molar-refractivity contribution in [2.75, 3.05) is 23.3 Å². The van der Waals surface area contributed by atoms with E-state index < -0.39 is 38.6 Å². The maximum absolute atomic E-state index is 13.0. The minimum atomic E-state index is -4.96. The molecule has 1 fully saturated rings. The summed E-state index contributed by atoms with van der Waals surface area (Å²) in [7, 11) is 0. The van der Waals surface area contributed by atoms with Gasteiger partial charge in [0.05, 0.1) is 15.4 Å². The van der Waals surface area contributed by atoms with Crippen LogP contribution in [0.2, 0.25) is 0 Å². The van der Waals surface area contributed by atoms with E-state index >= 15 is 0 Å². The van der Waals surface area contributed by atoms with Gasteiger partial charge in [-0.1, -0.05) is 18.9 Å². The summed E-state index contributed by atoms with van der Waals surface area (Å²) >= 11 is 0. The van der Waals surface area contributed by atoms with Crippen LogP contribution in [0.1, 0.15) is 36.8 Å². The molecule has 31 heavy (non-hydrogen) atoms. The molecule has 1 aliphatic rings. The second-order valence-electron chi connectivity index (χ2n) is 7.18. The summed E-state index contributed by atoms with van der Waals surface area (Å²) in [5, 5.41) is 25.1. The largest absolute Gasteiger partial charge is 0.416 e. The van der Waals surface area contributed by atoms with Crippen molar-refractivity contribution in [2.45, 2.75) is 38.4 Å².